The van der Waals surface area contributed by atoms with Crippen molar-refractivity contribution in [3.8, 4) is 5.75 Å². The van der Waals surface area contributed by atoms with Crippen LogP contribution in [0.1, 0.15) is 25.3 Å². The van der Waals surface area contributed by atoms with E-state index in [1.54, 1.807) is 14.0 Å². The monoisotopic (exact) mass is 298 g/mol. The fourth-order valence-corrected chi connectivity index (χ4v) is 2.81. The molecule has 1 aliphatic rings. The molecule has 0 radical (unpaired) electrons. The van der Waals surface area contributed by atoms with Gasteiger partial charge in [0, 0.05) is 19.1 Å². The second kappa shape index (κ2) is 6.56. The molecule has 1 fully saturated rings. The van der Waals surface area contributed by atoms with Crippen molar-refractivity contribution in [2.45, 2.75) is 37.6 Å². The number of hydrogen-bond donors (Lipinski definition) is 2. The van der Waals surface area contributed by atoms with E-state index in [0.29, 0.717) is 12.6 Å². The molecular formula is C14H22N2O3S. The number of hydrogen-bond acceptors (Lipinski definition) is 4. The fraction of sp³-hybridized carbons (Fsp3) is 0.571. The van der Waals surface area contributed by atoms with E-state index < -0.39 is 15.3 Å². The molecule has 1 aliphatic carbocycles. The third-order valence-electron chi connectivity index (χ3n) is 3.41. The topological polar surface area (TPSA) is 67.4 Å². The molecule has 0 heterocycles. The third-order valence-corrected chi connectivity index (χ3v) is 5.19. The summed E-state index contributed by atoms with van der Waals surface area (Å²) in [6, 6.07) is 7.90. The number of ether oxygens (including phenoxy) is 1. The Morgan fingerprint density at radius 1 is 1.40 bits per heavy atom. The summed E-state index contributed by atoms with van der Waals surface area (Å²) in [5.41, 5.74) is 0.885. The van der Waals surface area contributed by atoms with E-state index in [-0.39, 0.29) is 6.54 Å². The summed E-state index contributed by atoms with van der Waals surface area (Å²) < 4.78 is 32.0. The fourth-order valence-electron chi connectivity index (χ4n) is 1.84. The van der Waals surface area contributed by atoms with E-state index in [0.717, 1.165) is 24.2 Å². The zero-order valence-corrected chi connectivity index (χ0v) is 12.7. The van der Waals surface area contributed by atoms with Gasteiger partial charge >= 0.3 is 0 Å². The summed E-state index contributed by atoms with van der Waals surface area (Å²) in [5.74, 6) is 0.727. The average Bonchev–Trinajstić information content (AvgIpc) is 3.27. The lowest BCUT2D eigenvalue weighted by Gasteiger charge is -2.14. The van der Waals surface area contributed by atoms with E-state index >= 15 is 0 Å². The zero-order chi connectivity index (χ0) is 14.6. The lowest BCUT2D eigenvalue weighted by molar-refractivity contribution is 0.414. The van der Waals surface area contributed by atoms with Gasteiger partial charge in [-0.15, -0.1) is 0 Å². The highest BCUT2D eigenvalue weighted by Crippen LogP contribution is 2.18. The van der Waals surface area contributed by atoms with Gasteiger partial charge in [-0.05, 0) is 37.5 Å². The van der Waals surface area contributed by atoms with Crippen LogP contribution in [0.2, 0.25) is 0 Å². The maximum atomic E-state index is 12.1. The maximum Gasteiger partial charge on any atom is 0.215 e. The Morgan fingerprint density at radius 3 is 2.80 bits per heavy atom. The summed E-state index contributed by atoms with van der Waals surface area (Å²) in [5, 5.41) is 2.80. The van der Waals surface area contributed by atoms with Crippen LogP contribution in [0.4, 0.5) is 0 Å². The van der Waals surface area contributed by atoms with Crippen LogP contribution in [0.15, 0.2) is 24.3 Å². The third kappa shape index (κ3) is 4.47. The molecule has 0 saturated heterocycles. The predicted molar refractivity (Wildman–Crippen MR) is 79.2 cm³/mol. The van der Waals surface area contributed by atoms with E-state index in [9.17, 15) is 8.42 Å². The summed E-state index contributed by atoms with van der Waals surface area (Å²) in [6.45, 7) is 2.51. The van der Waals surface area contributed by atoms with Gasteiger partial charge in [0.2, 0.25) is 10.0 Å². The van der Waals surface area contributed by atoms with E-state index in [4.69, 9.17) is 4.74 Å². The van der Waals surface area contributed by atoms with Gasteiger partial charge < -0.3 is 10.1 Å². The highest BCUT2D eigenvalue weighted by Gasteiger charge is 2.25. The first-order valence-corrected chi connectivity index (χ1v) is 8.40. The van der Waals surface area contributed by atoms with Gasteiger partial charge in [-0.2, -0.15) is 0 Å². The van der Waals surface area contributed by atoms with Crippen LogP contribution >= 0.6 is 0 Å². The second-order valence-corrected chi connectivity index (χ2v) is 7.39. The van der Waals surface area contributed by atoms with Gasteiger partial charge in [0.1, 0.15) is 5.75 Å². The van der Waals surface area contributed by atoms with Crippen molar-refractivity contribution in [2.24, 2.45) is 0 Å². The lowest BCUT2D eigenvalue weighted by atomic mass is 10.2. The molecule has 2 N–H and O–H groups in total. The number of benzene rings is 1. The molecule has 1 aromatic carbocycles. The maximum absolute atomic E-state index is 12.1. The number of sulfonamides is 1. The van der Waals surface area contributed by atoms with Crippen LogP contribution in [-0.4, -0.2) is 33.4 Å². The summed E-state index contributed by atoms with van der Waals surface area (Å²) in [7, 11) is -1.71. The van der Waals surface area contributed by atoms with Crippen molar-refractivity contribution in [1.29, 1.82) is 0 Å². The van der Waals surface area contributed by atoms with Crippen molar-refractivity contribution in [2.75, 3.05) is 13.7 Å². The predicted octanol–water partition coefficient (Wildman–Crippen LogP) is 1.26. The van der Waals surface area contributed by atoms with Crippen molar-refractivity contribution in [3.63, 3.8) is 0 Å². The molecule has 2 rings (SSSR count). The first kappa shape index (κ1) is 15.3. The van der Waals surface area contributed by atoms with Crippen LogP contribution in [-0.2, 0) is 16.6 Å². The molecule has 1 unspecified atom stereocenters. The van der Waals surface area contributed by atoms with Crippen molar-refractivity contribution in [3.05, 3.63) is 29.8 Å². The minimum atomic E-state index is -3.30. The standard InChI is InChI=1S/C14H22N2O3S/c1-11(9-15-13-6-7-13)20(17,18)16-10-12-4-3-5-14(8-12)19-2/h3-5,8,11,13,15-16H,6-7,9-10H2,1-2H3. The van der Waals surface area contributed by atoms with Crippen LogP contribution in [0.3, 0.4) is 0 Å². The summed E-state index contributed by atoms with van der Waals surface area (Å²) >= 11 is 0. The van der Waals surface area contributed by atoms with E-state index in [1.807, 2.05) is 24.3 Å². The highest BCUT2D eigenvalue weighted by molar-refractivity contribution is 7.90. The first-order chi connectivity index (χ1) is 9.51. The molecule has 5 nitrogen and oxygen atoms in total. The molecule has 1 aromatic rings. The number of nitrogens with one attached hydrogen (secondary N) is 2. The van der Waals surface area contributed by atoms with Gasteiger partial charge in [0.25, 0.3) is 0 Å². The molecule has 0 bridgehead atoms. The highest BCUT2D eigenvalue weighted by atomic mass is 32.2. The lowest BCUT2D eigenvalue weighted by Crippen LogP contribution is -2.39. The van der Waals surface area contributed by atoms with Crippen molar-refractivity contribution < 1.29 is 13.2 Å². The molecule has 0 aliphatic heterocycles. The quantitative estimate of drug-likeness (QED) is 0.758. The summed E-state index contributed by atoms with van der Waals surface area (Å²) in [6.07, 6.45) is 2.31. The SMILES string of the molecule is COc1cccc(CNS(=O)(=O)C(C)CNC2CC2)c1. The van der Waals surface area contributed by atoms with Crippen LogP contribution in [0.5, 0.6) is 5.75 Å². The van der Waals surface area contributed by atoms with Crippen LogP contribution < -0.4 is 14.8 Å². The number of methoxy groups -OCH3 is 1. The van der Waals surface area contributed by atoms with Crippen LogP contribution in [0.25, 0.3) is 0 Å². The Bertz CT molecular complexity index is 541. The molecule has 0 amide bonds. The Hall–Kier alpha value is -1.11. The molecule has 1 saturated carbocycles. The Morgan fingerprint density at radius 2 is 2.15 bits per heavy atom. The van der Waals surface area contributed by atoms with Crippen molar-refractivity contribution in [1.82, 2.24) is 10.0 Å². The van der Waals surface area contributed by atoms with E-state index in [2.05, 4.69) is 10.0 Å². The molecule has 1 atom stereocenters. The average molecular weight is 298 g/mol. The second-order valence-electron chi connectivity index (χ2n) is 5.21. The minimum absolute atomic E-state index is 0.285. The molecular weight excluding hydrogens is 276 g/mol. The molecule has 6 heteroatoms. The first-order valence-electron chi connectivity index (χ1n) is 6.86. The van der Waals surface area contributed by atoms with Gasteiger partial charge in [-0.1, -0.05) is 12.1 Å². The smallest absolute Gasteiger partial charge is 0.215 e. The number of rotatable bonds is 8. The zero-order valence-electron chi connectivity index (χ0n) is 11.9. The van der Waals surface area contributed by atoms with Gasteiger partial charge in [0.05, 0.1) is 12.4 Å². The van der Waals surface area contributed by atoms with Crippen molar-refractivity contribution >= 4 is 10.0 Å². The van der Waals surface area contributed by atoms with Gasteiger partial charge in [-0.3, -0.25) is 0 Å². The molecule has 0 spiro atoms. The minimum Gasteiger partial charge on any atom is -0.497 e. The van der Waals surface area contributed by atoms with Gasteiger partial charge in [0.15, 0.2) is 0 Å². The molecule has 20 heavy (non-hydrogen) atoms. The Labute approximate surface area is 120 Å². The largest absolute Gasteiger partial charge is 0.497 e. The molecule has 112 valence electrons. The summed E-state index contributed by atoms with van der Waals surface area (Å²) in [4.78, 5) is 0. The van der Waals surface area contributed by atoms with Gasteiger partial charge in [-0.25, -0.2) is 13.1 Å². The normalized spacial score (nSPS) is 16.9. The Balaban J connectivity index is 1.86. The Kier molecular flexibility index (Phi) is 5.01. The molecule has 0 aromatic heterocycles. The van der Waals surface area contributed by atoms with E-state index in [1.165, 1.54) is 0 Å². The van der Waals surface area contributed by atoms with Crippen LogP contribution in [0, 0.1) is 0 Å².